The molecule has 0 amide bonds. The zero-order chi connectivity index (χ0) is 16.1. The number of aromatic nitrogens is 4. The van der Waals surface area contributed by atoms with Crippen molar-refractivity contribution in [2.75, 3.05) is 11.5 Å². The summed E-state index contributed by atoms with van der Waals surface area (Å²) < 4.78 is 7.31. The molecule has 7 nitrogen and oxygen atoms in total. The van der Waals surface area contributed by atoms with Crippen LogP contribution in [0.3, 0.4) is 0 Å². The second kappa shape index (κ2) is 4.70. The molecule has 23 heavy (non-hydrogen) atoms. The highest BCUT2D eigenvalue weighted by Crippen LogP contribution is 2.32. The Bertz CT molecular complexity index is 1030. The Morgan fingerprint density at radius 1 is 1.17 bits per heavy atom. The van der Waals surface area contributed by atoms with E-state index in [2.05, 4.69) is 23.8 Å². The van der Waals surface area contributed by atoms with Gasteiger partial charge in [-0.15, -0.1) is 0 Å². The summed E-state index contributed by atoms with van der Waals surface area (Å²) in [5, 5.41) is 0. The Morgan fingerprint density at radius 3 is 2.78 bits per heavy atom. The number of nitrogen functional groups attached to an aromatic ring is 2. The summed E-state index contributed by atoms with van der Waals surface area (Å²) in [6, 6.07) is 5.80. The van der Waals surface area contributed by atoms with Gasteiger partial charge in [-0.1, -0.05) is 13.8 Å². The minimum absolute atomic E-state index is 0.149. The lowest BCUT2D eigenvalue weighted by atomic mass is 10.1. The molecule has 4 rings (SSSR count). The topological polar surface area (TPSA) is 108 Å². The van der Waals surface area contributed by atoms with E-state index in [-0.39, 0.29) is 11.9 Å². The van der Waals surface area contributed by atoms with E-state index in [1.807, 2.05) is 28.8 Å². The third-order valence-corrected chi connectivity index (χ3v) is 3.80. The van der Waals surface area contributed by atoms with Crippen molar-refractivity contribution < 1.29 is 4.42 Å². The number of anilines is 2. The van der Waals surface area contributed by atoms with Crippen LogP contribution < -0.4 is 11.5 Å². The summed E-state index contributed by atoms with van der Waals surface area (Å²) in [5.74, 6) is 1.63. The molecular weight excluding hydrogens is 292 g/mol. The van der Waals surface area contributed by atoms with Crippen molar-refractivity contribution in [3.05, 3.63) is 36.4 Å². The minimum Gasteiger partial charge on any atom is -0.424 e. The molecule has 7 heteroatoms. The Kier molecular flexibility index (Phi) is 2.77. The lowest BCUT2D eigenvalue weighted by Gasteiger charge is -2.04. The molecule has 0 unspecified atom stereocenters. The highest BCUT2D eigenvalue weighted by atomic mass is 16.4. The maximum Gasteiger partial charge on any atom is 0.292 e. The largest absolute Gasteiger partial charge is 0.424 e. The molecule has 3 heterocycles. The molecular formula is C16H16N6O. The average molecular weight is 308 g/mol. The SMILES string of the molecule is CC(C)c1nc(-c2ccc3oc(N)nc3c2)c2c(N)nccn12. The monoisotopic (exact) mass is 308 g/mol. The first kappa shape index (κ1) is 13.6. The standard InChI is InChI=1S/C16H16N6O/c1-8(2)15-21-12(13-14(17)19-5-6-22(13)15)9-3-4-11-10(7-9)20-16(18)23-11/h3-8H,1-2H3,(H2,17,19)(H2,18,20). The number of nitrogens with two attached hydrogens (primary N) is 2. The van der Waals surface area contributed by atoms with E-state index in [1.165, 1.54) is 0 Å². The Balaban J connectivity index is 2.03. The van der Waals surface area contributed by atoms with Gasteiger partial charge in [-0.2, -0.15) is 4.98 Å². The first-order valence-electron chi connectivity index (χ1n) is 7.33. The van der Waals surface area contributed by atoms with Gasteiger partial charge in [-0.25, -0.2) is 9.97 Å². The fourth-order valence-corrected chi connectivity index (χ4v) is 2.79. The van der Waals surface area contributed by atoms with Gasteiger partial charge in [0.25, 0.3) is 6.01 Å². The third-order valence-electron chi connectivity index (χ3n) is 3.80. The summed E-state index contributed by atoms with van der Waals surface area (Å²) in [6.07, 6.45) is 3.56. The van der Waals surface area contributed by atoms with Crippen molar-refractivity contribution in [1.82, 2.24) is 19.4 Å². The molecule has 3 aromatic heterocycles. The Morgan fingerprint density at radius 2 is 2.00 bits per heavy atom. The van der Waals surface area contributed by atoms with Gasteiger partial charge >= 0.3 is 0 Å². The number of fused-ring (bicyclic) bond motifs is 2. The quantitative estimate of drug-likeness (QED) is 0.589. The van der Waals surface area contributed by atoms with Crippen molar-refractivity contribution >= 4 is 28.4 Å². The molecule has 4 N–H and O–H groups in total. The van der Waals surface area contributed by atoms with Crippen LogP contribution in [0.15, 0.2) is 35.0 Å². The first-order chi connectivity index (χ1) is 11.0. The van der Waals surface area contributed by atoms with E-state index in [0.29, 0.717) is 16.9 Å². The highest BCUT2D eigenvalue weighted by molar-refractivity contribution is 5.89. The molecule has 116 valence electrons. The molecule has 0 fully saturated rings. The van der Waals surface area contributed by atoms with Crippen LogP contribution in [-0.2, 0) is 0 Å². The molecule has 0 bridgehead atoms. The number of hydrogen-bond acceptors (Lipinski definition) is 6. The van der Waals surface area contributed by atoms with E-state index in [4.69, 9.17) is 20.9 Å². The van der Waals surface area contributed by atoms with Crippen LogP contribution in [0.2, 0.25) is 0 Å². The molecule has 0 spiro atoms. The zero-order valence-electron chi connectivity index (χ0n) is 12.8. The summed E-state index contributed by atoms with van der Waals surface area (Å²) in [6.45, 7) is 4.19. The zero-order valence-corrected chi connectivity index (χ0v) is 12.8. The van der Waals surface area contributed by atoms with Crippen LogP contribution in [0.1, 0.15) is 25.6 Å². The fraction of sp³-hybridized carbons (Fsp3) is 0.188. The molecule has 4 aromatic rings. The molecule has 1 aromatic carbocycles. The van der Waals surface area contributed by atoms with E-state index < -0.39 is 0 Å². The number of nitrogens with zero attached hydrogens (tertiary/aromatic N) is 4. The van der Waals surface area contributed by atoms with Crippen LogP contribution in [0.5, 0.6) is 0 Å². The van der Waals surface area contributed by atoms with Crippen LogP contribution >= 0.6 is 0 Å². The smallest absolute Gasteiger partial charge is 0.292 e. The van der Waals surface area contributed by atoms with Gasteiger partial charge in [0.2, 0.25) is 0 Å². The van der Waals surface area contributed by atoms with Gasteiger partial charge in [0, 0.05) is 23.9 Å². The maximum absolute atomic E-state index is 6.10. The van der Waals surface area contributed by atoms with Gasteiger partial charge in [0.15, 0.2) is 5.58 Å². The van der Waals surface area contributed by atoms with Crippen molar-refractivity contribution in [2.24, 2.45) is 0 Å². The van der Waals surface area contributed by atoms with Gasteiger partial charge in [0.1, 0.15) is 28.4 Å². The van der Waals surface area contributed by atoms with E-state index >= 15 is 0 Å². The van der Waals surface area contributed by atoms with E-state index in [9.17, 15) is 0 Å². The fourth-order valence-electron chi connectivity index (χ4n) is 2.79. The average Bonchev–Trinajstić information content (AvgIpc) is 3.06. The van der Waals surface area contributed by atoms with Crippen LogP contribution in [0, 0.1) is 0 Å². The molecule has 0 atom stereocenters. The Hall–Kier alpha value is -3.09. The molecule has 0 saturated heterocycles. The summed E-state index contributed by atoms with van der Waals surface area (Å²) >= 11 is 0. The van der Waals surface area contributed by atoms with Crippen LogP contribution in [0.4, 0.5) is 11.8 Å². The maximum atomic E-state index is 6.10. The van der Waals surface area contributed by atoms with Crippen molar-refractivity contribution in [1.29, 1.82) is 0 Å². The summed E-state index contributed by atoms with van der Waals surface area (Å²) in [4.78, 5) is 13.2. The second-order valence-corrected chi connectivity index (χ2v) is 5.74. The molecule has 0 saturated carbocycles. The minimum atomic E-state index is 0.149. The number of benzene rings is 1. The third kappa shape index (κ3) is 2.01. The van der Waals surface area contributed by atoms with E-state index in [1.54, 1.807) is 6.20 Å². The van der Waals surface area contributed by atoms with Crippen LogP contribution in [0.25, 0.3) is 27.9 Å². The summed E-state index contributed by atoms with van der Waals surface area (Å²) in [7, 11) is 0. The normalized spacial score (nSPS) is 11.8. The number of imidazole rings is 1. The van der Waals surface area contributed by atoms with Crippen molar-refractivity contribution in [3.63, 3.8) is 0 Å². The predicted octanol–water partition coefficient (Wildman–Crippen LogP) is 2.83. The predicted molar refractivity (Wildman–Crippen MR) is 88.9 cm³/mol. The van der Waals surface area contributed by atoms with Crippen LogP contribution in [-0.4, -0.2) is 19.4 Å². The highest BCUT2D eigenvalue weighted by Gasteiger charge is 2.18. The summed E-state index contributed by atoms with van der Waals surface area (Å²) in [5.41, 5.74) is 15.5. The Labute approximate surface area is 132 Å². The molecule has 0 aliphatic heterocycles. The van der Waals surface area contributed by atoms with Crippen molar-refractivity contribution in [2.45, 2.75) is 19.8 Å². The molecule has 0 aliphatic carbocycles. The number of oxazole rings is 1. The van der Waals surface area contributed by atoms with Gasteiger partial charge < -0.3 is 15.9 Å². The number of hydrogen-bond donors (Lipinski definition) is 2. The van der Waals surface area contributed by atoms with Gasteiger partial charge in [-0.3, -0.25) is 4.40 Å². The first-order valence-corrected chi connectivity index (χ1v) is 7.33. The second-order valence-electron chi connectivity index (χ2n) is 5.74. The van der Waals surface area contributed by atoms with Gasteiger partial charge in [0.05, 0.1) is 0 Å². The van der Waals surface area contributed by atoms with Crippen molar-refractivity contribution in [3.8, 4) is 11.3 Å². The molecule has 0 radical (unpaired) electrons. The molecule has 0 aliphatic rings. The van der Waals surface area contributed by atoms with E-state index in [0.717, 1.165) is 22.6 Å². The lowest BCUT2D eigenvalue weighted by molar-refractivity contribution is 0.626. The number of rotatable bonds is 2. The lowest BCUT2D eigenvalue weighted by Crippen LogP contribution is -1.99. The van der Waals surface area contributed by atoms with Gasteiger partial charge in [-0.05, 0) is 18.2 Å².